The SMILES string of the molecule is O=C(OCc1ccccc1)[C@H]1CC[C@H](N2CCN(c3ccc(F)cc3)CC2)C1. The van der Waals surface area contributed by atoms with E-state index in [0.29, 0.717) is 12.6 Å². The fourth-order valence-corrected chi connectivity index (χ4v) is 4.35. The van der Waals surface area contributed by atoms with Gasteiger partial charge >= 0.3 is 5.97 Å². The molecule has 0 radical (unpaired) electrons. The predicted octanol–water partition coefficient (Wildman–Crippen LogP) is 3.86. The van der Waals surface area contributed by atoms with Crippen LogP contribution < -0.4 is 4.90 Å². The molecule has 2 aromatic rings. The van der Waals surface area contributed by atoms with E-state index in [2.05, 4.69) is 9.80 Å². The molecule has 1 saturated carbocycles. The first-order valence-corrected chi connectivity index (χ1v) is 10.1. The summed E-state index contributed by atoms with van der Waals surface area (Å²) in [4.78, 5) is 17.2. The third-order valence-corrected chi connectivity index (χ3v) is 5.98. The molecule has 2 aromatic carbocycles. The number of carbonyl (C=O) groups excluding carboxylic acids is 1. The molecule has 0 aromatic heterocycles. The van der Waals surface area contributed by atoms with E-state index >= 15 is 0 Å². The van der Waals surface area contributed by atoms with Crippen LogP contribution in [-0.4, -0.2) is 43.1 Å². The highest BCUT2D eigenvalue weighted by Crippen LogP contribution is 2.31. The van der Waals surface area contributed by atoms with Gasteiger partial charge in [-0.3, -0.25) is 9.69 Å². The molecule has 1 saturated heterocycles. The quantitative estimate of drug-likeness (QED) is 0.735. The molecule has 2 atom stereocenters. The summed E-state index contributed by atoms with van der Waals surface area (Å²) in [7, 11) is 0. The molecule has 2 aliphatic rings. The molecule has 148 valence electrons. The van der Waals surface area contributed by atoms with Crippen LogP contribution in [-0.2, 0) is 16.1 Å². The summed E-state index contributed by atoms with van der Waals surface area (Å²) in [5.74, 6) is -0.237. The molecule has 0 unspecified atom stereocenters. The standard InChI is InChI=1S/C23H27FN2O2/c24-20-7-10-21(11-8-20)25-12-14-26(15-13-25)22-9-6-19(16-22)23(27)28-17-18-4-2-1-3-5-18/h1-5,7-8,10-11,19,22H,6,9,12-17H2/t19-,22-/m0/s1. The molecular formula is C23H27FN2O2. The molecule has 4 rings (SSSR count). The van der Waals surface area contributed by atoms with E-state index in [1.54, 1.807) is 0 Å². The number of carbonyl (C=O) groups is 1. The van der Waals surface area contributed by atoms with Crippen LogP contribution in [0.25, 0.3) is 0 Å². The Balaban J connectivity index is 1.23. The first kappa shape index (κ1) is 18.9. The van der Waals surface area contributed by atoms with Crippen molar-refractivity contribution in [1.82, 2.24) is 4.90 Å². The maximum atomic E-state index is 13.1. The number of benzene rings is 2. The molecule has 1 aliphatic carbocycles. The molecule has 0 amide bonds. The van der Waals surface area contributed by atoms with E-state index < -0.39 is 0 Å². The molecule has 2 fully saturated rings. The van der Waals surface area contributed by atoms with Gasteiger partial charge in [0.25, 0.3) is 0 Å². The Morgan fingerprint density at radius 2 is 1.68 bits per heavy atom. The number of ether oxygens (including phenoxy) is 1. The zero-order chi connectivity index (χ0) is 19.3. The zero-order valence-corrected chi connectivity index (χ0v) is 16.1. The van der Waals surface area contributed by atoms with Crippen LogP contribution in [0.5, 0.6) is 0 Å². The van der Waals surface area contributed by atoms with Gasteiger partial charge in [-0.2, -0.15) is 0 Å². The number of rotatable bonds is 5. The number of anilines is 1. The minimum Gasteiger partial charge on any atom is -0.461 e. The number of nitrogens with zero attached hydrogens (tertiary/aromatic N) is 2. The first-order chi connectivity index (χ1) is 13.7. The monoisotopic (exact) mass is 382 g/mol. The summed E-state index contributed by atoms with van der Waals surface area (Å²) >= 11 is 0. The molecule has 1 aliphatic heterocycles. The summed E-state index contributed by atoms with van der Waals surface area (Å²) in [5.41, 5.74) is 2.11. The van der Waals surface area contributed by atoms with Gasteiger partial charge in [-0.05, 0) is 49.1 Å². The smallest absolute Gasteiger partial charge is 0.309 e. The highest BCUT2D eigenvalue weighted by Gasteiger charge is 2.35. The first-order valence-electron chi connectivity index (χ1n) is 10.1. The molecular weight excluding hydrogens is 355 g/mol. The van der Waals surface area contributed by atoms with Gasteiger partial charge in [0.15, 0.2) is 0 Å². The van der Waals surface area contributed by atoms with Gasteiger partial charge in [0.2, 0.25) is 0 Å². The van der Waals surface area contributed by atoms with Gasteiger partial charge in [0, 0.05) is 37.9 Å². The molecule has 28 heavy (non-hydrogen) atoms. The molecule has 0 N–H and O–H groups in total. The van der Waals surface area contributed by atoms with Crippen molar-refractivity contribution >= 4 is 11.7 Å². The Kier molecular flexibility index (Phi) is 5.91. The largest absolute Gasteiger partial charge is 0.461 e. The van der Waals surface area contributed by atoms with Crippen molar-refractivity contribution < 1.29 is 13.9 Å². The Labute approximate surface area is 165 Å². The van der Waals surface area contributed by atoms with Gasteiger partial charge in [0.05, 0.1) is 5.92 Å². The van der Waals surface area contributed by atoms with E-state index in [1.807, 2.05) is 42.5 Å². The van der Waals surface area contributed by atoms with E-state index in [1.165, 1.54) is 12.1 Å². The van der Waals surface area contributed by atoms with Gasteiger partial charge in [-0.1, -0.05) is 30.3 Å². The summed E-state index contributed by atoms with van der Waals surface area (Å²) in [6.45, 7) is 4.19. The third-order valence-electron chi connectivity index (χ3n) is 5.98. The van der Waals surface area contributed by atoms with Gasteiger partial charge in [-0.15, -0.1) is 0 Å². The van der Waals surface area contributed by atoms with Crippen molar-refractivity contribution in [2.45, 2.75) is 31.9 Å². The normalized spacial score (nSPS) is 23.0. The van der Waals surface area contributed by atoms with E-state index in [9.17, 15) is 9.18 Å². The van der Waals surface area contributed by atoms with Crippen molar-refractivity contribution in [3.63, 3.8) is 0 Å². The van der Waals surface area contributed by atoms with Crippen LogP contribution in [0.15, 0.2) is 54.6 Å². The Morgan fingerprint density at radius 1 is 0.964 bits per heavy atom. The Hall–Kier alpha value is -2.40. The molecule has 4 nitrogen and oxygen atoms in total. The minimum atomic E-state index is -0.196. The lowest BCUT2D eigenvalue weighted by atomic mass is 10.1. The van der Waals surface area contributed by atoms with Crippen LogP contribution in [0.4, 0.5) is 10.1 Å². The Morgan fingerprint density at radius 3 is 2.39 bits per heavy atom. The predicted molar refractivity (Wildman–Crippen MR) is 108 cm³/mol. The second-order valence-corrected chi connectivity index (χ2v) is 7.76. The highest BCUT2D eigenvalue weighted by atomic mass is 19.1. The maximum Gasteiger partial charge on any atom is 0.309 e. The number of hydrogen-bond donors (Lipinski definition) is 0. The third kappa shape index (κ3) is 4.53. The lowest BCUT2D eigenvalue weighted by Gasteiger charge is -2.39. The van der Waals surface area contributed by atoms with Gasteiger partial charge in [-0.25, -0.2) is 4.39 Å². The van der Waals surface area contributed by atoms with Crippen LogP contribution in [0.1, 0.15) is 24.8 Å². The van der Waals surface area contributed by atoms with Crippen LogP contribution >= 0.6 is 0 Å². The Bertz CT molecular complexity index is 773. The number of esters is 1. The fraction of sp³-hybridized carbons (Fsp3) is 0.435. The molecule has 0 bridgehead atoms. The lowest BCUT2D eigenvalue weighted by Crippen LogP contribution is -2.49. The van der Waals surface area contributed by atoms with E-state index in [4.69, 9.17) is 4.74 Å². The average molecular weight is 382 g/mol. The average Bonchev–Trinajstić information content (AvgIpc) is 3.24. The minimum absolute atomic E-state index is 0.0174. The summed E-state index contributed by atoms with van der Waals surface area (Å²) in [6.07, 6.45) is 2.86. The van der Waals surface area contributed by atoms with Crippen molar-refractivity contribution in [2.24, 2.45) is 5.92 Å². The lowest BCUT2D eigenvalue weighted by molar-refractivity contribution is -0.149. The summed E-state index contributed by atoms with van der Waals surface area (Å²) in [5, 5.41) is 0. The molecule has 0 spiro atoms. The van der Waals surface area contributed by atoms with Crippen molar-refractivity contribution in [3.05, 3.63) is 66.0 Å². The topological polar surface area (TPSA) is 32.8 Å². The van der Waals surface area contributed by atoms with Crippen molar-refractivity contribution in [3.8, 4) is 0 Å². The summed E-state index contributed by atoms with van der Waals surface area (Å²) in [6, 6.07) is 17.0. The van der Waals surface area contributed by atoms with E-state index in [-0.39, 0.29) is 17.7 Å². The van der Waals surface area contributed by atoms with Crippen LogP contribution in [0.3, 0.4) is 0 Å². The van der Waals surface area contributed by atoms with Gasteiger partial charge < -0.3 is 9.64 Å². The van der Waals surface area contributed by atoms with Gasteiger partial charge in [0.1, 0.15) is 12.4 Å². The second kappa shape index (κ2) is 8.74. The number of piperazine rings is 1. The zero-order valence-electron chi connectivity index (χ0n) is 16.1. The molecule has 1 heterocycles. The number of hydrogen-bond acceptors (Lipinski definition) is 4. The van der Waals surface area contributed by atoms with Crippen LogP contribution in [0.2, 0.25) is 0 Å². The summed E-state index contributed by atoms with van der Waals surface area (Å²) < 4.78 is 18.6. The fourth-order valence-electron chi connectivity index (χ4n) is 4.35. The second-order valence-electron chi connectivity index (χ2n) is 7.76. The highest BCUT2D eigenvalue weighted by molar-refractivity contribution is 5.72. The molecule has 5 heteroatoms. The van der Waals surface area contributed by atoms with Crippen molar-refractivity contribution in [2.75, 3.05) is 31.1 Å². The van der Waals surface area contributed by atoms with Crippen molar-refractivity contribution in [1.29, 1.82) is 0 Å². The van der Waals surface area contributed by atoms with Crippen LogP contribution in [0, 0.1) is 11.7 Å². The van der Waals surface area contributed by atoms with E-state index in [0.717, 1.165) is 56.7 Å². The maximum absolute atomic E-state index is 13.1. The number of halogens is 1.